The Labute approximate surface area is 107 Å². The molecule has 1 aromatic carbocycles. The van der Waals surface area contributed by atoms with Crippen molar-refractivity contribution in [2.24, 2.45) is 0 Å². The Bertz CT molecular complexity index is 491. The maximum Gasteiger partial charge on any atom is 0.123 e. The van der Waals surface area contributed by atoms with Gasteiger partial charge in [-0.3, -0.25) is 4.98 Å². The minimum absolute atomic E-state index is 0.197. The van der Waals surface area contributed by atoms with Gasteiger partial charge in [-0.1, -0.05) is 18.2 Å². The summed E-state index contributed by atoms with van der Waals surface area (Å²) in [6.07, 6.45) is 2.71. The number of hydrogen-bond donors (Lipinski definition) is 1. The molecule has 2 rings (SSSR count). The Hall–Kier alpha value is -1.74. The first-order valence-corrected chi connectivity index (χ1v) is 6.03. The van der Waals surface area contributed by atoms with E-state index in [1.165, 1.54) is 12.1 Å². The summed E-state index contributed by atoms with van der Waals surface area (Å²) in [4.78, 5) is 4.30. The fraction of sp³-hybridized carbons (Fsp3) is 0.267. The first kappa shape index (κ1) is 12.7. The highest BCUT2D eigenvalue weighted by Gasteiger charge is 2.10. The molecule has 1 atom stereocenters. The predicted octanol–water partition coefficient (Wildman–Crippen LogP) is 3.03. The van der Waals surface area contributed by atoms with Crippen molar-refractivity contribution < 1.29 is 4.39 Å². The lowest BCUT2D eigenvalue weighted by Crippen LogP contribution is -2.19. The molecule has 94 valence electrons. The summed E-state index contributed by atoms with van der Waals surface area (Å²) >= 11 is 0. The van der Waals surface area contributed by atoms with Crippen molar-refractivity contribution in [1.82, 2.24) is 10.3 Å². The van der Waals surface area contributed by atoms with Crippen LogP contribution in [0.15, 0.2) is 42.6 Å². The van der Waals surface area contributed by atoms with E-state index in [0.717, 1.165) is 23.2 Å². The number of aromatic nitrogens is 1. The molecule has 3 heteroatoms. The highest BCUT2D eigenvalue weighted by molar-refractivity contribution is 5.23. The average molecular weight is 244 g/mol. The molecular formula is C15H17FN2. The lowest BCUT2D eigenvalue weighted by atomic mass is 10.0. The molecule has 0 spiro atoms. The van der Waals surface area contributed by atoms with Crippen LogP contribution in [0.5, 0.6) is 0 Å². The van der Waals surface area contributed by atoms with Crippen LogP contribution in [0.3, 0.4) is 0 Å². The van der Waals surface area contributed by atoms with E-state index in [9.17, 15) is 4.39 Å². The number of rotatable bonds is 4. The minimum Gasteiger partial charge on any atom is -0.313 e. The molecule has 0 bridgehead atoms. The zero-order chi connectivity index (χ0) is 13.0. The van der Waals surface area contributed by atoms with Crippen molar-refractivity contribution >= 4 is 0 Å². The molecule has 0 amide bonds. The van der Waals surface area contributed by atoms with Gasteiger partial charge in [0.25, 0.3) is 0 Å². The van der Waals surface area contributed by atoms with Crippen LogP contribution in [-0.4, -0.2) is 12.0 Å². The molecule has 1 N–H and O–H groups in total. The third kappa shape index (κ3) is 3.14. The zero-order valence-electron chi connectivity index (χ0n) is 10.7. The summed E-state index contributed by atoms with van der Waals surface area (Å²) in [6, 6.07) is 10.9. The van der Waals surface area contributed by atoms with Gasteiger partial charge in [0.05, 0.1) is 0 Å². The van der Waals surface area contributed by atoms with Crippen LogP contribution in [0, 0.1) is 12.7 Å². The molecule has 1 unspecified atom stereocenters. The second kappa shape index (κ2) is 5.74. The number of hydrogen-bond acceptors (Lipinski definition) is 2. The Morgan fingerprint density at radius 3 is 2.44 bits per heavy atom. The number of halogens is 1. The predicted molar refractivity (Wildman–Crippen MR) is 70.9 cm³/mol. The van der Waals surface area contributed by atoms with Gasteiger partial charge in [0.1, 0.15) is 5.82 Å². The van der Waals surface area contributed by atoms with Gasteiger partial charge in [0.2, 0.25) is 0 Å². The van der Waals surface area contributed by atoms with Gasteiger partial charge in [-0.05, 0) is 49.7 Å². The Kier molecular flexibility index (Phi) is 4.05. The first-order chi connectivity index (χ1) is 8.69. The molecule has 0 saturated heterocycles. The second-order valence-electron chi connectivity index (χ2n) is 4.40. The molecular weight excluding hydrogens is 227 g/mol. The van der Waals surface area contributed by atoms with Gasteiger partial charge >= 0.3 is 0 Å². The van der Waals surface area contributed by atoms with E-state index in [-0.39, 0.29) is 11.9 Å². The summed E-state index contributed by atoms with van der Waals surface area (Å²) in [5.41, 5.74) is 3.26. The molecule has 2 nitrogen and oxygen atoms in total. The summed E-state index contributed by atoms with van der Waals surface area (Å²) in [5.74, 6) is -0.197. The SMILES string of the molecule is CNC(Cc1ccc(F)cc1)c1ccc(C)nc1. The van der Waals surface area contributed by atoms with Gasteiger partial charge in [-0.2, -0.15) is 0 Å². The van der Waals surface area contributed by atoms with Crippen molar-refractivity contribution in [2.75, 3.05) is 7.05 Å². The highest BCUT2D eigenvalue weighted by atomic mass is 19.1. The first-order valence-electron chi connectivity index (χ1n) is 6.03. The van der Waals surface area contributed by atoms with E-state index in [1.54, 1.807) is 0 Å². The third-order valence-electron chi connectivity index (χ3n) is 3.04. The lowest BCUT2D eigenvalue weighted by molar-refractivity contribution is 0.586. The lowest BCUT2D eigenvalue weighted by Gasteiger charge is -2.16. The molecule has 0 fully saturated rings. The van der Waals surface area contributed by atoms with Crippen LogP contribution in [0.2, 0.25) is 0 Å². The monoisotopic (exact) mass is 244 g/mol. The number of benzene rings is 1. The van der Waals surface area contributed by atoms with Gasteiger partial charge in [-0.15, -0.1) is 0 Å². The number of pyridine rings is 1. The molecule has 18 heavy (non-hydrogen) atoms. The standard InChI is InChI=1S/C15H17FN2/c1-11-3-6-13(10-18-11)15(17-2)9-12-4-7-14(16)8-5-12/h3-8,10,15,17H,9H2,1-2H3. The Balaban J connectivity index is 2.14. The van der Waals surface area contributed by atoms with Crippen LogP contribution in [-0.2, 0) is 6.42 Å². The highest BCUT2D eigenvalue weighted by Crippen LogP contribution is 2.17. The Morgan fingerprint density at radius 1 is 1.17 bits per heavy atom. The van der Waals surface area contributed by atoms with Gasteiger partial charge in [0.15, 0.2) is 0 Å². The normalized spacial score (nSPS) is 12.4. The maximum atomic E-state index is 12.8. The maximum absolute atomic E-state index is 12.8. The second-order valence-corrected chi connectivity index (χ2v) is 4.40. The molecule has 2 aromatic rings. The van der Waals surface area contributed by atoms with Crippen LogP contribution in [0.25, 0.3) is 0 Å². The van der Waals surface area contributed by atoms with Crippen LogP contribution < -0.4 is 5.32 Å². The largest absolute Gasteiger partial charge is 0.313 e. The van der Waals surface area contributed by atoms with Crippen molar-refractivity contribution in [2.45, 2.75) is 19.4 Å². The molecule has 1 heterocycles. The number of likely N-dealkylation sites (N-methyl/N-ethyl adjacent to an activating group) is 1. The van der Waals surface area contributed by atoms with E-state index in [0.29, 0.717) is 0 Å². The van der Waals surface area contributed by atoms with Crippen molar-refractivity contribution in [1.29, 1.82) is 0 Å². The Morgan fingerprint density at radius 2 is 1.89 bits per heavy atom. The van der Waals surface area contributed by atoms with Crippen molar-refractivity contribution in [3.05, 3.63) is 65.2 Å². The summed E-state index contributed by atoms with van der Waals surface area (Å²) in [7, 11) is 1.92. The van der Waals surface area contributed by atoms with Crippen LogP contribution in [0.4, 0.5) is 4.39 Å². The summed E-state index contributed by atoms with van der Waals surface area (Å²) in [6.45, 7) is 1.97. The summed E-state index contributed by atoms with van der Waals surface area (Å²) in [5, 5.41) is 3.27. The van der Waals surface area contributed by atoms with E-state index >= 15 is 0 Å². The molecule has 0 aliphatic heterocycles. The van der Waals surface area contributed by atoms with E-state index in [1.807, 2.05) is 38.4 Å². The van der Waals surface area contributed by atoms with Gasteiger partial charge in [-0.25, -0.2) is 4.39 Å². The number of nitrogens with one attached hydrogen (secondary N) is 1. The molecule has 0 radical (unpaired) electrons. The van der Waals surface area contributed by atoms with Crippen molar-refractivity contribution in [3.8, 4) is 0 Å². The minimum atomic E-state index is -0.197. The molecule has 1 aromatic heterocycles. The van der Waals surface area contributed by atoms with E-state index < -0.39 is 0 Å². The topological polar surface area (TPSA) is 24.9 Å². The number of aryl methyl sites for hydroxylation is 1. The third-order valence-corrected chi connectivity index (χ3v) is 3.04. The quantitative estimate of drug-likeness (QED) is 0.894. The van der Waals surface area contributed by atoms with Crippen molar-refractivity contribution in [3.63, 3.8) is 0 Å². The van der Waals surface area contributed by atoms with Gasteiger partial charge < -0.3 is 5.32 Å². The molecule has 0 saturated carbocycles. The number of nitrogens with zero attached hydrogens (tertiary/aromatic N) is 1. The molecule has 0 aliphatic carbocycles. The van der Waals surface area contributed by atoms with E-state index in [2.05, 4.69) is 16.4 Å². The van der Waals surface area contributed by atoms with E-state index in [4.69, 9.17) is 0 Å². The summed E-state index contributed by atoms with van der Waals surface area (Å²) < 4.78 is 12.8. The molecule has 0 aliphatic rings. The van der Waals surface area contributed by atoms with Crippen LogP contribution >= 0.6 is 0 Å². The fourth-order valence-corrected chi connectivity index (χ4v) is 1.93. The average Bonchev–Trinajstić information content (AvgIpc) is 2.39. The fourth-order valence-electron chi connectivity index (χ4n) is 1.93. The van der Waals surface area contributed by atoms with Gasteiger partial charge in [0, 0.05) is 17.9 Å². The zero-order valence-corrected chi connectivity index (χ0v) is 10.7. The smallest absolute Gasteiger partial charge is 0.123 e. The van der Waals surface area contributed by atoms with Crippen LogP contribution in [0.1, 0.15) is 22.9 Å².